The lowest BCUT2D eigenvalue weighted by molar-refractivity contribution is -0.137. The van der Waals surface area contributed by atoms with Crippen molar-refractivity contribution in [3.05, 3.63) is 60.0 Å². The number of nitrogens with two attached hydrogens (primary N) is 1. The molecule has 0 unspecified atom stereocenters. The first-order chi connectivity index (χ1) is 16.0. The molecule has 0 bridgehead atoms. The van der Waals surface area contributed by atoms with Crippen LogP contribution in [-0.4, -0.2) is 25.4 Å². The molecule has 1 aliphatic carbocycles. The summed E-state index contributed by atoms with van der Waals surface area (Å²) < 4.78 is 72.2. The standard InChI is InChI=1S/C23H25F3N4O3S/c1-28-34(31,32)17-8-6-16(7-9-17)33-20-10-5-15(23(24,25)26)13-18(20)19-14-29-21(30-19)22(27)11-3-2-4-12-22/h5-10,13-14,28H,2-4,11-12,27H2,1H3,(H,29,30). The fourth-order valence-corrected chi connectivity index (χ4v) is 4.80. The third kappa shape index (κ3) is 4.96. The molecule has 1 heterocycles. The van der Waals surface area contributed by atoms with Gasteiger partial charge in [-0.05, 0) is 62.4 Å². The largest absolute Gasteiger partial charge is 0.457 e. The predicted octanol–water partition coefficient (Wildman–Crippen LogP) is 4.91. The quantitative estimate of drug-likeness (QED) is 0.451. The van der Waals surface area contributed by atoms with Crippen LogP contribution in [0.1, 0.15) is 43.5 Å². The van der Waals surface area contributed by atoms with Gasteiger partial charge in [0.15, 0.2) is 0 Å². The van der Waals surface area contributed by atoms with Crippen LogP contribution in [0, 0.1) is 0 Å². The fourth-order valence-electron chi connectivity index (χ4n) is 4.07. The van der Waals surface area contributed by atoms with Gasteiger partial charge in [-0.15, -0.1) is 0 Å². The number of nitrogens with zero attached hydrogens (tertiary/aromatic N) is 1. The molecule has 0 saturated heterocycles. The lowest BCUT2D eigenvalue weighted by Gasteiger charge is -2.31. The monoisotopic (exact) mass is 494 g/mol. The van der Waals surface area contributed by atoms with E-state index in [0.29, 0.717) is 11.5 Å². The highest BCUT2D eigenvalue weighted by atomic mass is 32.2. The molecule has 4 rings (SSSR count). The Kier molecular flexibility index (Phi) is 6.45. The third-order valence-corrected chi connectivity index (χ3v) is 7.45. The Morgan fingerprint density at radius 2 is 1.76 bits per heavy atom. The molecule has 1 saturated carbocycles. The van der Waals surface area contributed by atoms with E-state index in [-0.39, 0.29) is 22.0 Å². The minimum absolute atomic E-state index is 0.0360. The molecular weight excluding hydrogens is 469 g/mol. The van der Waals surface area contributed by atoms with E-state index in [4.69, 9.17) is 10.5 Å². The number of rotatable bonds is 6. The van der Waals surface area contributed by atoms with Crippen molar-refractivity contribution in [3.8, 4) is 22.8 Å². The van der Waals surface area contributed by atoms with Crippen molar-refractivity contribution in [2.45, 2.75) is 48.7 Å². The number of aromatic amines is 1. The Morgan fingerprint density at radius 3 is 2.38 bits per heavy atom. The molecule has 0 spiro atoms. The second-order valence-corrected chi connectivity index (χ2v) is 10.2. The van der Waals surface area contributed by atoms with Gasteiger partial charge >= 0.3 is 6.18 Å². The highest BCUT2D eigenvalue weighted by molar-refractivity contribution is 7.89. The third-order valence-electron chi connectivity index (χ3n) is 6.02. The summed E-state index contributed by atoms with van der Waals surface area (Å²) in [5, 5.41) is 0. The summed E-state index contributed by atoms with van der Waals surface area (Å²) in [6.07, 6.45) is 1.42. The topological polar surface area (TPSA) is 110 Å². The normalized spacial score (nSPS) is 16.4. The van der Waals surface area contributed by atoms with Crippen LogP contribution in [-0.2, 0) is 21.7 Å². The average molecular weight is 495 g/mol. The number of aromatic nitrogens is 2. The summed E-state index contributed by atoms with van der Waals surface area (Å²) in [6, 6.07) is 8.72. The maximum absolute atomic E-state index is 13.4. The molecule has 0 atom stereocenters. The van der Waals surface area contributed by atoms with Gasteiger partial charge in [-0.3, -0.25) is 0 Å². The van der Waals surface area contributed by atoms with Crippen LogP contribution in [0.3, 0.4) is 0 Å². The van der Waals surface area contributed by atoms with Crippen molar-refractivity contribution >= 4 is 10.0 Å². The first kappa shape index (κ1) is 24.2. The van der Waals surface area contributed by atoms with Crippen LogP contribution >= 0.6 is 0 Å². The zero-order valence-electron chi connectivity index (χ0n) is 18.4. The second kappa shape index (κ2) is 9.05. The molecule has 7 nitrogen and oxygen atoms in total. The van der Waals surface area contributed by atoms with Gasteiger partial charge < -0.3 is 15.5 Å². The Labute approximate surface area is 195 Å². The summed E-state index contributed by atoms with van der Waals surface area (Å²) in [6.45, 7) is 0. The second-order valence-electron chi connectivity index (χ2n) is 8.35. The lowest BCUT2D eigenvalue weighted by atomic mass is 9.82. The highest BCUT2D eigenvalue weighted by Crippen LogP contribution is 2.40. The maximum Gasteiger partial charge on any atom is 0.416 e. The zero-order chi connectivity index (χ0) is 24.6. The number of nitrogens with one attached hydrogen (secondary N) is 2. The van der Waals surface area contributed by atoms with Gasteiger partial charge in [0.05, 0.1) is 27.9 Å². The predicted molar refractivity (Wildman–Crippen MR) is 121 cm³/mol. The van der Waals surface area contributed by atoms with Crippen molar-refractivity contribution in [2.24, 2.45) is 5.73 Å². The molecule has 0 radical (unpaired) electrons. The molecule has 1 fully saturated rings. The minimum atomic E-state index is -4.54. The molecule has 0 amide bonds. The van der Waals surface area contributed by atoms with Crippen LogP contribution in [0.4, 0.5) is 13.2 Å². The van der Waals surface area contributed by atoms with Crippen LogP contribution in [0.5, 0.6) is 11.5 Å². The minimum Gasteiger partial charge on any atom is -0.457 e. The van der Waals surface area contributed by atoms with E-state index in [1.54, 1.807) is 0 Å². The summed E-state index contributed by atoms with van der Waals surface area (Å²) in [4.78, 5) is 7.53. The number of hydrogen-bond acceptors (Lipinski definition) is 5. The first-order valence-electron chi connectivity index (χ1n) is 10.8. The van der Waals surface area contributed by atoms with E-state index in [2.05, 4.69) is 14.7 Å². The smallest absolute Gasteiger partial charge is 0.416 e. The number of benzene rings is 2. The molecule has 11 heteroatoms. The van der Waals surface area contributed by atoms with Crippen molar-refractivity contribution in [2.75, 3.05) is 7.05 Å². The summed E-state index contributed by atoms with van der Waals surface area (Å²) in [5.41, 5.74) is 5.57. The van der Waals surface area contributed by atoms with E-state index < -0.39 is 27.3 Å². The van der Waals surface area contributed by atoms with E-state index >= 15 is 0 Å². The van der Waals surface area contributed by atoms with Crippen molar-refractivity contribution in [1.82, 2.24) is 14.7 Å². The maximum atomic E-state index is 13.4. The van der Waals surface area contributed by atoms with Crippen LogP contribution in [0.15, 0.2) is 53.6 Å². The van der Waals surface area contributed by atoms with Gasteiger partial charge in [0.25, 0.3) is 0 Å². The highest BCUT2D eigenvalue weighted by Gasteiger charge is 2.34. The number of alkyl halides is 3. The molecule has 34 heavy (non-hydrogen) atoms. The molecule has 4 N–H and O–H groups in total. The first-order valence-corrected chi connectivity index (χ1v) is 12.3. The molecule has 3 aromatic rings. The van der Waals surface area contributed by atoms with Crippen LogP contribution < -0.4 is 15.2 Å². The Hall–Kier alpha value is -2.89. The molecule has 1 aliphatic rings. The van der Waals surface area contributed by atoms with E-state index in [9.17, 15) is 21.6 Å². The fraction of sp³-hybridized carbons (Fsp3) is 0.348. The summed E-state index contributed by atoms with van der Waals surface area (Å²) in [5.74, 6) is 0.952. The number of sulfonamides is 1. The van der Waals surface area contributed by atoms with Gasteiger partial charge in [-0.25, -0.2) is 18.1 Å². The van der Waals surface area contributed by atoms with Crippen LogP contribution in [0.2, 0.25) is 0 Å². The van der Waals surface area contributed by atoms with Crippen molar-refractivity contribution < 1.29 is 26.3 Å². The van der Waals surface area contributed by atoms with E-state index in [0.717, 1.165) is 44.2 Å². The van der Waals surface area contributed by atoms with Gasteiger partial charge in [0.1, 0.15) is 17.3 Å². The SMILES string of the molecule is CNS(=O)(=O)c1ccc(Oc2ccc(C(F)(F)F)cc2-c2cnc(C3(N)CCCCC3)[nH]2)cc1. The van der Waals surface area contributed by atoms with Gasteiger partial charge in [-0.1, -0.05) is 19.3 Å². The number of halogens is 3. The molecule has 1 aromatic heterocycles. The molecule has 0 aliphatic heterocycles. The van der Waals surface area contributed by atoms with Gasteiger partial charge in [-0.2, -0.15) is 13.2 Å². The Bertz CT molecular complexity index is 1270. The van der Waals surface area contributed by atoms with Crippen LogP contribution in [0.25, 0.3) is 11.3 Å². The zero-order valence-corrected chi connectivity index (χ0v) is 19.3. The summed E-state index contributed by atoms with van der Waals surface area (Å²) in [7, 11) is -2.33. The average Bonchev–Trinajstić information content (AvgIpc) is 3.31. The van der Waals surface area contributed by atoms with E-state index in [1.165, 1.54) is 43.6 Å². The molecular formula is C23H25F3N4O3S. The van der Waals surface area contributed by atoms with Crippen molar-refractivity contribution in [3.63, 3.8) is 0 Å². The molecule has 182 valence electrons. The Balaban J connectivity index is 1.71. The van der Waals surface area contributed by atoms with E-state index in [1.807, 2.05) is 0 Å². The Morgan fingerprint density at radius 1 is 1.09 bits per heavy atom. The van der Waals surface area contributed by atoms with Gasteiger partial charge in [0.2, 0.25) is 10.0 Å². The number of imidazole rings is 1. The van der Waals surface area contributed by atoms with Gasteiger partial charge in [0, 0.05) is 5.56 Å². The number of hydrogen-bond donors (Lipinski definition) is 3. The molecule has 2 aromatic carbocycles. The number of H-pyrrole nitrogens is 1. The van der Waals surface area contributed by atoms with Crippen molar-refractivity contribution in [1.29, 1.82) is 0 Å². The lowest BCUT2D eigenvalue weighted by Crippen LogP contribution is -2.39. The number of ether oxygens (including phenoxy) is 1. The summed E-state index contributed by atoms with van der Waals surface area (Å²) >= 11 is 0.